The number of hydrogen-bond acceptors (Lipinski definition) is 5. The van der Waals surface area contributed by atoms with Gasteiger partial charge in [-0.1, -0.05) is 18.2 Å². The van der Waals surface area contributed by atoms with Crippen LogP contribution in [0.5, 0.6) is 0 Å². The second kappa shape index (κ2) is 8.62. The SMILES string of the molecule is CS(=O)(=O)c1cccc(C(=O)N2CCN(C(=O)c3ccccc3N)CC2)c1.Cl. The first-order valence-electron chi connectivity index (χ1n) is 8.50. The maximum absolute atomic E-state index is 12.7. The maximum Gasteiger partial charge on any atom is 0.256 e. The quantitative estimate of drug-likeness (QED) is 0.757. The first kappa shape index (κ1) is 21.7. The van der Waals surface area contributed by atoms with Crippen LogP contribution in [0.3, 0.4) is 0 Å². The molecule has 0 bridgehead atoms. The number of sulfone groups is 1. The summed E-state index contributed by atoms with van der Waals surface area (Å²) in [6.45, 7) is 1.54. The zero-order valence-electron chi connectivity index (χ0n) is 15.4. The van der Waals surface area contributed by atoms with E-state index in [9.17, 15) is 18.0 Å². The van der Waals surface area contributed by atoms with Crippen molar-refractivity contribution in [3.63, 3.8) is 0 Å². The van der Waals surface area contributed by atoms with Crippen LogP contribution in [0.25, 0.3) is 0 Å². The smallest absolute Gasteiger partial charge is 0.256 e. The van der Waals surface area contributed by atoms with Crippen LogP contribution < -0.4 is 5.73 Å². The Morgan fingerprint density at radius 1 is 0.893 bits per heavy atom. The molecular weight excluding hydrogens is 402 g/mol. The summed E-state index contributed by atoms with van der Waals surface area (Å²) < 4.78 is 23.4. The molecule has 0 radical (unpaired) electrons. The normalized spacial score (nSPS) is 14.3. The maximum atomic E-state index is 12.7. The van der Waals surface area contributed by atoms with E-state index in [4.69, 9.17) is 5.73 Å². The molecular formula is C19H22ClN3O4S. The lowest BCUT2D eigenvalue weighted by atomic mass is 10.1. The number of nitrogens with zero attached hydrogens (tertiary/aromatic N) is 2. The van der Waals surface area contributed by atoms with Crippen LogP contribution in [0.2, 0.25) is 0 Å². The van der Waals surface area contributed by atoms with Crippen molar-refractivity contribution >= 4 is 39.7 Å². The number of amides is 2. The highest BCUT2D eigenvalue weighted by molar-refractivity contribution is 7.90. The molecule has 1 aliphatic rings. The Hall–Kier alpha value is -2.58. The van der Waals surface area contributed by atoms with Crippen LogP contribution in [0.4, 0.5) is 5.69 Å². The summed E-state index contributed by atoms with van der Waals surface area (Å²) in [6.07, 6.45) is 1.11. The van der Waals surface area contributed by atoms with Gasteiger partial charge in [-0.05, 0) is 30.3 Å². The van der Waals surface area contributed by atoms with Gasteiger partial charge < -0.3 is 15.5 Å². The van der Waals surface area contributed by atoms with E-state index in [-0.39, 0.29) is 29.1 Å². The molecule has 1 aliphatic heterocycles. The minimum Gasteiger partial charge on any atom is -0.398 e. The molecule has 2 amide bonds. The molecule has 3 rings (SSSR count). The molecule has 150 valence electrons. The first-order valence-corrected chi connectivity index (χ1v) is 10.4. The van der Waals surface area contributed by atoms with Crippen molar-refractivity contribution in [2.75, 3.05) is 38.2 Å². The Morgan fingerprint density at radius 2 is 1.46 bits per heavy atom. The standard InChI is InChI=1S/C19H21N3O4S.ClH/c1-27(25,26)15-6-4-5-14(13-15)18(23)21-9-11-22(12-10-21)19(24)16-7-2-3-8-17(16)20;/h2-8,13H,9-12,20H2,1H3;1H. The van der Waals surface area contributed by atoms with Crippen molar-refractivity contribution in [3.8, 4) is 0 Å². The van der Waals surface area contributed by atoms with Crippen molar-refractivity contribution < 1.29 is 18.0 Å². The third-order valence-electron chi connectivity index (χ3n) is 4.55. The van der Waals surface area contributed by atoms with Crippen LogP contribution >= 0.6 is 12.4 Å². The zero-order chi connectivity index (χ0) is 19.6. The van der Waals surface area contributed by atoms with Gasteiger partial charge in [0.25, 0.3) is 11.8 Å². The predicted octanol–water partition coefficient (Wildman–Crippen LogP) is 1.69. The highest BCUT2D eigenvalue weighted by Crippen LogP contribution is 2.17. The molecule has 28 heavy (non-hydrogen) atoms. The van der Waals surface area contributed by atoms with Gasteiger partial charge in [0.15, 0.2) is 9.84 Å². The van der Waals surface area contributed by atoms with Gasteiger partial charge >= 0.3 is 0 Å². The number of carbonyl (C=O) groups excluding carboxylic acids is 2. The van der Waals surface area contributed by atoms with E-state index in [1.165, 1.54) is 12.1 Å². The summed E-state index contributed by atoms with van der Waals surface area (Å²) in [5.41, 5.74) is 7.08. The molecule has 2 N–H and O–H groups in total. The van der Waals surface area contributed by atoms with Gasteiger partial charge in [0.05, 0.1) is 10.5 Å². The van der Waals surface area contributed by atoms with E-state index in [1.54, 1.807) is 46.2 Å². The predicted molar refractivity (Wildman–Crippen MR) is 109 cm³/mol. The number of piperazine rings is 1. The summed E-state index contributed by atoms with van der Waals surface area (Å²) in [6, 6.07) is 12.9. The molecule has 9 heteroatoms. The number of carbonyl (C=O) groups is 2. The summed E-state index contributed by atoms with van der Waals surface area (Å²) in [7, 11) is -3.38. The van der Waals surface area contributed by atoms with E-state index in [2.05, 4.69) is 0 Å². The fourth-order valence-electron chi connectivity index (χ4n) is 3.02. The number of halogens is 1. The fraction of sp³-hybridized carbons (Fsp3) is 0.263. The van der Waals surface area contributed by atoms with Crippen LogP contribution in [0.15, 0.2) is 53.4 Å². The van der Waals surface area contributed by atoms with E-state index in [1.807, 2.05) is 0 Å². The third kappa shape index (κ3) is 4.63. The summed E-state index contributed by atoms with van der Waals surface area (Å²) >= 11 is 0. The molecule has 2 aromatic rings. The van der Waals surface area contributed by atoms with Crippen molar-refractivity contribution in [2.45, 2.75) is 4.90 Å². The molecule has 0 aromatic heterocycles. The van der Waals surface area contributed by atoms with Crippen molar-refractivity contribution in [1.29, 1.82) is 0 Å². The topological polar surface area (TPSA) is 101 Å². The molecule has 1 fully saturated rings. The summed E-state index contributed by atoms with van der Waals surface area (Å²) in [5, 5.41) is 0. The van der Waals surface area contributed by atoms with Gasteiger partial charge in [0.1, 0.15) is 0 Å². The molecule has 7 nitrogen and oxygen atoms in total. The molecule has 0 saturated carbocycles. The Kier molecular flexibility index (Phi) is 6.69. The van der Waals surface area contributed by atoms with Crippen molar-refractivity contribution in [1.82, 2.24) is 9.80 Å². The second-order valence-electron chi connectivity index (χ2n) is 6.47. The van der Waals surface area contributed by atoms with Crippen molar-refractivity contribution in [2.24, 2.45) is 0 Å². The number of nitrogen functional groups attached to an aromatic ring is 1. The van der Waals surface area contributed by atoms with Gasteiger partial charge in [-0.15, -0.1) is 12.4 Å². The number of para-hydroxylation sites is 1. The number of rotatable bonds is 3. The first-order chi connectivity index (χ1) is 12.8. The second-order valence-corrected chi connectivity index (χ2v) is 8.49. The Balaban J connectivity index is 0.00000280. The number of nitrogens with two attached hydrogens (primary N) is 1. The molecule has 2 aromatic carbocycles. The summed E-state index contributed by atoms with van der Waals surface area (Å²) in [5.74, 6) is -0.397. The average Bonchev–Trinajstić information content (AvgIpc) is 2.67. The summed E-state index contributed by atoms with van der Waals surface area (Å²) in [4.78, 5) is 28.7. The Labute approximate surface area is 170 Å². The monoisotopic (exact) mass is 423 g/mol. The van der Waals surface area contributed by atoms with E-state index >= 15 is 0 Å². The van der Waals surface area contributed by atoms with E-state index in [0.717, 1.165) is 6.26 Å². The van der Waals surface area contributed by atoms with Crippen LogP contribution in [0.1, 0.15) is 20.7 Å². The lowest BCUT2D eigenvalue weighted by molar-refractivity contribution is 0.0536. The molecule has 0 spiro atoms. The van der Waals surface area contributed by atoms with Crippen LogP contribution in [-0.2, 0) is 9.84 Å². The van der Waals surface area contributed by atoms with Gasteiger partial charge in [0, 0.05) is 43.7 Å². The van der Waals surface area contributed by atoms with Gasteiger partial charge in [-0.25, -0.2) is 8.42 Å². The Morgan fingerprint density at radius 3 is 2.04 bits per heavy atom. The number of anilines is 1. The minimum absolute atomic E-state index is 0. The molecule has 0 aliphatic carbocycles. The largest absolute Gasteiger partial charge is 0.398 e. The van der Waals surface area contributed by atoms with Gasteiger partial charge in [0.2, 0.25) is 0 Å². The van der Waals surface area contributed by atoms with E-state index in [0.29, 0.717) is 43.0 Å². The van der Waals surface area contributed by atoms with Gasteiger partial charge in [-0.3, -0.25) is 9.59 Å². The molecule has 0 unspecified atom stereocenters. The number of hydrogen-bond donors (Lipinski definition) is 1. The lowest BCUT2D eigenvalue weighted by Crippen LogP contribution is -2.50. The highest BCUT2D eigenvalue weighted by Gasteiger charge is 2.26. The van der Waals surface area contributed by atoms with E-state index < -0.39 is 9.84 Å². The number of benzene rings is 2. The molecule has 1 saturated heterocycles. The van der Waals surface area contributed by atoms with Crippen molar-refractivity contribution in [3.05, 3.63) is 59.7 Å². The van der Waals surface area contributed by atoms with Crippen LogP contribution in [-0.4, -0.2) is 62.5 Å². The molecule has 1 heterocycles. The Bertz CT molecular complexity index is 986. The minimum atomic E-state index is -3.38. The highest BCUT2D eigenvalue weighted by atomic mass is 35.5. The van der Waals surface area contributed by atoms with Gasteiger partial charge in [-0.2, -0.15) is 0 Å². The lowest BCUT2D eigenvalue weighted by Gasteiger charge is -2.35. The zero-order valence-corrected chi connectivity index (χ0v) is 17.0. The van der Waals surface area contributed by atoms with Crippen LogP contribution in [0, 0.1) is 0 Å². The fourth-order valence-corrected chi connectivity index (χ4v) is 3.68. The third-order valence-corrected chi connectivity index (χ3v) is 5.66. The average molecular weight is 424 g/mol. The molecule has 0 atom stereocenters.